The molecule has 2 aliphatic heterocycles. The number of halogens is 3. The fourth-order valence-corrected chi connectivity index (χ4v) is 3.03. The molecule has 2 amide bonds. The lowest BCUT2D eigenvalue weighted by molar-refractivity contribution is -0.143. The van der Waals surface area contributed by atoms with Gasteiger partial charge >= 0.3 is 0 Å². The molecule has 3 rings (SSSR count). The number of hydrogen-bond acceptors (Lipinski definition) is 2. The number of rotatable bonds is 1. The summed E-state index contributed by atoms with van der Waals surface area (Å²) in [5.74, 6) is -4.53. The number of nitrogens with zero attached hydrogens (tertiary/aromatic N) is 2. The molecule has 0 saturated carbocycles. The molecule has 0 aliphatic carbocycles. The van der Waals surface area contributed by atoms with Crippen molar-refractivity contribution in [1.82, 2.24) is 4.90 Å². The molecule has 2 fully saturated rings. The zero-order valence-electron chi connectivity index (χ0n) is 11.3. The van der Waals surface area contributed by atoms with Crippen LogP contribution in [0.15, 0.2) is 12.1 Å². The first-order valence-electron chi connectivity index (χ1n) is 6.70. The number of piperazine rings is 1. The van der Waals surface area contributed by atoms with E-state index in [2.05, 4.69) is 0 Å². The molecule has 1 aromatic carbocycles. The van der Waals surface area contributed by atoms with Crippen LogP contribution in [0.3, 0.4) is 0 Å². The van der Waals surface area contributed by atoms with Gasteiger partial charge in [0.1, 0.15) is 17.9 Å². The molecule has 2 atom stereocenters. The molecule has 0 N–H and O–H groups in total. The Morgan fingerprint density at radius 2 is 1.86 bits per heavy atom. The predicted molar refractivity (Wildman–Crippen MR) is 68.0 cm³/mol. The van der Waals surface area contributed by atoms with Crippen LogP contribution in [0.5, 0.6) is 0 Å². The first-order valence-corrected chi connectivity index (χ1v) is 6.70. The quantitative estimate of drug-likeness (QED) is 0.742. The standard InChI is InChI=1S/C14H13F3N2O2/c1-7-13(20)18-4-2-3-10(18)14(21)19(7)11-6-8(15)5-9(16)12(11)17/h5-7,10H,2-4H2,1H3. The summed E-state index contributed by atoms with van der Waals surface area (Å²) in [4.78, 5) is 27.0. The Morgan fingerprint density at radius 1 is 1.14 bits per heavy atom. The van der Waals surface area contributed by atoms with Crippen molar-refractivity contribution < 1.29 is 22.8 Å². The van der Waals surface area contributed by atoms with Crippen LogP contribution in [0, 0.1) is 17.5 Å². The Hall–Kier alpha value is -2.05. The SMILES string of the molecule is CC1C(=O)N2CCCC2C(=O)N1c1cc(F)cc(F)c1F. The number of benzene rings is 1. The van der Waals surface area contributed by atoms with Gasteiger partial charge in [-0.25, -0.2) is 13.2 Å². The molecule has 2 aliphatic rings. The van der Waals surface area contributed by atoms with Crippen molar-refractivity contribution in [3.05, 3.63) is 29.6 Å². The van der Waals surface area contributed by atoms with E-state index in [9.17, 15) is 22.8 Å². The van der Waals surface area contributed by atoms with Gasteiger partial charge in [-0.2, -0.15) is 0 Å². The van der Waals surface area contributed by atoms with Gasteiger partial charge < -0.3 is 4.90 Å². The zero-order valence-corrected chi connectivity index (χ0v) is 11.3. The Kier molecular flexibility index (Phi) is 3.15. The van der Waals surface area contributed by atoms with E-state index in [0.717, 1.165) is 11.0 Å². The second-order valence-corrected chi connectivity index (χ2v) is 5.29. The van der Waals surface area contributed by atoms with Crippen LogP contribution in [0.2, 0.25) is 0 Å². The highest BCUT2D eigenvalue weighted by atomic mass is 19.2. The molecule has 1 aromatic rings. The number of fused-ring (bicyclic) bond motifs is 1. The minimum atomic E-state index is -1.38. The average molecular weight is 298 g/mol. The lowest BCUT2D eigenvalue weighted by atomic mass is 10.0. The largest absolute Gasteiger partial charge is 0.329 e. The maximum absolute atomic E-state index is 13.9. The second-order valence-electron chi connectivity index (χ2n) is 5.29. The molecule has 0 spiro atoms. The highest BCUT2D eigenvalue weighted by molar-refractivity contribution is 6.08. The Balaban J connectivity index is 2.09. The normalized spacial score (nSPS) is 25.5. The highest BCUT2D eigenvalue weighted by Gasteiger charge is 2.47. The third kappa shape index (κ3) is 1.99. The third-order valence-electron chi connectivity index (χ3n) is 4.04. The fraction of sp³-hybridized carbons (Fsp3) is 0.429. The van der Waals surface area contributed by atoms with Gasteiger partial charge in [0.25, 0.3) is 5.91 Å². The van der Waals surface area contributed by atoms with E-state index in [1.54, 1.807) is 0 Å². The molecule has 4 nitrogen and oxygen atoms in total. The van der Waals surface area contributed by atoms with Gasteiger partial charge in [-0.1, -0.05) is 0 Å². The number of amides is 2. The number of carbonyl (C=O) groups excluding carboxylic acids is 2. The van der Waals surface area contributed by atoms with Crippen molar-refractivity contribution in [2.24, 2.45) is 0 Å². The van der Waals surface area contributed by atoms with Crippen molar-refractivity contribution >= 4 is 17.5 Å². The summed E-state index contributed by atoms with van der Waals surface area (Å²) in [7, 11) is 0. The zero-order chi connectivity index (χ0) is 15.3. The summed E-state index contributed by atoms with van der Waals surface area (Å²) in [6.45, 7) is 1.91. The molecule has 2 saturated heterocycles. The monoisotopic (exact) mass is 298 g/mol. The van der Waals surface area contributed by atoms with Crippen molar-refractivity contribution in [2.45, 2.75) is 31.8 Å². The summed E-state index contributed by atoms with van der Waals surface area (Å²) in [6.07, 6.45) is 1.16. The van der Waals surface area contributed by atoms with Crippen molar-refractivity contribution in [3.8, 4) is 0 Å². The van der Waals surface area contributed by atoms with Gasteiger partial charge in [0.2, 0.25) is 5.91 Å². The van der Waals surface area contributed by atoms with E-state index in [1.807, 2.05) is 0 Å². The summed E-state index contributed by atoms with van der Waals surface area (Å²) in [6, 6.07) is -0.506. The van der Waals surface area contributed by atoms with E-state index < -0.39 is 41.1 Å². The van der Waals surface area contributed by atoms with E-state index >= 15 is 0 Å². The van der Waals surface area contributed by atoms with Gasteiger partial charge in [0.05, 0.1) is 5.69 Å². The average Bonchev–Trinajstić information content (AvgIpc) is 2.91. The number of hydrogen-bond donors (Lipinski definition) is 0. The number of anilines is 1. The van der Waals surface area contributed by atoms with Crippen LogP contribution >= 0.6 is 0 Å². The molecule has 0 bridgehead atoms. The van der Waals surface area contributed by atoms with Crippen LogP contribution in [-0.2, 0) is 9.59 Å². The van der Waals surface area contributed by atoms with Gasteiger partial charge in [-0.05, 0) is 19.8 Å². The summed E-state index contributed by atoms with van der Waals surface area (Å²) in [5, 5.41) is 0. The lowest BCUT2D eigenvalue weighted by Gasteiger charge is -2.40. The predicted octanol–water partition coefficient (Wildman–Crippen LogP) is 1.83. The fourth-order valence-electron chi connectivity index (χ4n) is 3.03. The summed E-state index contributed by atoms with van der Waals surface area (Å²) < 4.78 is 40.6. The minimum absolute atomic E-state index is 0.332. The third-order valence-corrected chi connectivity index (χ3v) is 4.04. The highest BCUT2D eigenvalue weighted by Crippen LogP contribution is 2.33. The van der Waals surface area contributed by atoms with Gasteiger partial charge in [0, 0.05) is 18.7 Å². The minimum Gasteiger partial charge on any atom is -0.329 e. The van der Waals surface area contributed by atoms with Crippen LogP contribution < -0.4 is 4.90 Å². The molecule has 7 heteroatoms. The van der Waals surface area contributed by atoms with Gasteiger partial charge in [-0.3, -0.25) is 14.5 Å². The van der Waals surface area contributed by atoms with E-state index in [4.69, 9.17) is 0 Å². The maximum atomic E-state index is 13.9. The van der Waals surface area contributed by atoms with E-state index in [0.29, 0.717) is 25.5 Å². The summed E-state index contributed by atoms with van der Waals surface area (Å²) >= 11 is 0. The molecular formula is C14H13F3N2O2. The first kappa shape index (κ1) is 13.9. The van der Waals surface area contributed by atoms with Crippen LogP contribution in [0.4, 0.5) is 18.9 Å². The molecular weight excluding hydrogens is 285 g/mol. The lowest BCUT2D eigenvalue weighted by Crippen LogP contribution is -2.62. The van der Waals surface area contributed by atoms with Crippen LogP contribution in [0.25, 0.3) is 0 Å². The van der Waals surface area contributed by atoms with Crippen molar-refractivity contribution in [1.29, 1.82) is 0 Å². The Morgan fingerprint density at radius 3 is 2.57 bits per heavy atom. The second kappa shape index (κ2) is 4.75. The van der Waals surface area contributed by atoms with Crippen molar-refractivity contribution in [2.75, 3.05) is 11.4 Å². The molecule has 0 aromatic heterocycles. The van der Waals surface area contributed by atoms with Crippen LogP contribution in [-0.4, -0.2) is 35.3 Å². The van der Waals surface area contributed by atoms with Gasteiger partial charge in [0.15, 0.2) is 11.6 Å². The molecule has 112 valence electrons. The summed E-state index contributed by atoms with van der Waals surface area (Å²) in [5.41, 5.74) is -0.523. The van der Waals surface area contributed by atoms with E-state index in [1.165, 1.54) is 11.8 Å². The van der Waals surface area contributed by atoms with Crippen LogP contribution in [0.1, 0.15) is 19.8 Å². The molecule has 2 unspecified atom stereocenters. The smallest absolute Gasteiger partial charge is 0.250 e. The molecule has 2 heterocycles. The molecule has 21 heavy (non-hydrogen) atoms. The van der Waals surface area contributed by atoms with Gasteiger partial charge in [-0.15, -0.1) is 0 Å². The first-order chi connectivity index (χ1) is 9.91. The number of carbonyl (C=O) groups is 2. The Labute approximate surface area is 119 Å². The topological polar surface area (TPSA) is 40.6 Å². The van der Waals surface area contributed by atoms with Crippen molar-refractivity contribution in [3.63, 3.8) is 0 Å². The van der Waals surface area contributed by atoms with E-state index in [-0.39, 0.29) is 5.91 Å². The molecule has 0 radical (unpaired) electrons. The Bertz CT molecular complexity index is 635. The maximum Gasteiger partial charge on any atom is 0.250 e.